The van der Waals surface area contributed by atoms with Crippen molar-refractivity contribution in [3.63, 3.8) is 0 Å². The number of aromatic nitrogens is 2. The van der Waals surface area contributed by atoms with Crippen LogP contribution in [0.25, 0.3) is 45.0 Å². The van der Waals surface area contributed by atoms with E-state index in [2.05, 4.69) is 4.98 Å². The summed E-state index contributed by atoms with van der Waals surface area (Å²) in [5, 5.41) is 0. The van der Waals surface area contributed by atoms with Crippen LogP contribution >= 0.6 is 0 Å². The molecule has 0 unspecified atom stereocenters. The largest absolute Gasteiger partial charge is 0.337 e. The van der Waals surface area contributed by atoms with Gasteiger partial charge in [0.2, 0.25) is 0 Å². The molecule has 4 aromatic carbocycles. The highest BCUT2D eigenvalue weighted by Crippen LogP contribution is 2.40. The van der Waals surface area contributed by atoms with Gasteiger partial charge in [0.1, 0.15) is 11.6 Å². The number of H-pyrrole nitrogens is 1. The van der Waals surface area contributed by atoms with Crippen molar-refractivity contribution in [1.82, 2.24) is 9.97 Å². The Hall–Kier alpha value is -4.31. The lowest BCUT2D eigenvalue weighted by atomic mass is 9.99. The number of aromatic amines is 1. The van der Waals surface area contributed by atoms with Gasteiger partial charge in [0.15, 0.2) is 5.78 Å². The minimum Gasteiger partial charge on any atom is -0.337 e. The highest BCUT2D eigenvalue weighted by molar-refractivity contribution is 6.22. The van der Waals surface area contributed by atoms with E-state index in [1.54, 1.807) is 12.1 Å². The number of nitrogens with one attached hydrogen (secondary N) is 1. The van der Waals surface area contributed by atoms with E-state index in [0.717, 1.165) is 44.8 Å². The summed E-state index contributed by atoms with van der Waals surface area (Å²) < 4.78 is 13.4. The number of rotatable bonds is 3. The van der Waals surface area contributed by atoms with Gasteiger partial charge in [0.05, 0.1) is 11.4 Å². The van der Waals surface area contributed by atoms with E-state index in [9.17, 15) is 9.18 Å². The summed E-state index contributed by atoms with van der Waals surface area (Å²) in [5.41, 5.74) is 7.58. The lowest BCUT2D eigenvalue weighted by Gasteiger charge is -2.06. The Kier molecular flexibility index (Phi) is 4.12. The lowest BCUT2D eigenvalue weighted by Crippen LogP contribution is -1.95. The van der Waals surface area contributed by atoms with Crippen LogP contribution in [0.1, 0.15) is 15.9 Å². The molecule has 0 radical (unpaired) electrons. The summed E-state index contributed by atoms with van der Waals surface area (Å²) in [5.74, 6) is 0.391. The van der Waals surface area contributed by atoms with Gasteiger partial charge in [-0.25, -0.2) is 9.37 Å². The minimum absolute atomic E-state index is 0.0352. The molecule has 0 spiro atoms. The zero-order valence-corrected chi connectivity index (χ0v) is 17.0. The second-order valence-corrected chi connectivity index (χ2v) is 7.82. The summed E-state index contributed by atoms with van der Waals surface area (Å²) >= 11 is 0. The third kappa shape index (κ3) is 2.88. The predicted molar refractivity (Wildman–Crippen MR) is 124 cm³/mol. The topological polar surface area (TPSA) is 45.8 Å². The average molecular weight is 416 g/mol. The molecular weight excluding hydrogens is 399 g/mol. The molecule has 0 saturated carbocycles. The Balaban J connectivity index is 1.53. The van der Waals surface area contributed by atoms with Crippen molar-refractivity contribution in [2.75, 3.05) is 0 Å². The molecule has 6 rings (SSSR count). The van der Waals surface area contributed by atoms with Crippen LogP contribution in [0.15, 0.2) is 97.1 Å². The van der Waals surface area contributed by atoms with Crippen LogP contribution in [0.5, 0.6) is 0 Å². The van der Waals surface area contributed by atoms with Gasteiger partial charge in [-0.05, 0) is 41.5 Å². The maximum absolute atomic E-state index is 13.4. The average Bonchev–Trinajstić information content (AvgIpc) is 3.41. The lowest BCUT2D eigenvalue weighted by molar-refractivity contribution is 0.104. The minimum atomic E-state index is -0.291. The van der Waals surface area contributed by atoms with Crippen molar-refractivity contribution >= 4 is 5.78 Å². The van der Waals surface area contributed by atoms with Crippen molar-refractivity contribution in [3.8, 4) is 45.0 Å². The Morgan fingerprint density at radius 3 is 2.06 bits per heavy atom. The summed E-state index contributed by atoms with van der Waals surface area (Å²) in [6, 6.07) is 29.8. The van der Waals surface area contributed by atoms with Crippen molar-refractivity contribution in [2.45, 2.75) is 0 Å². The molecule has 4 heteroatoms. The molecule has 152 valence electrons. The summed E-state index contributed by atoms with van der Waals surface area (Å²) in [6.07, 6.45) is 0. The predicted octanol–water partition coefficient (Wildman–Crippen LogP) is 6.76. The fraction of sp³-hybridized carbons (Fsp3) is 0. The van der Waals surface area contributed by atoms with E-state index in [1.165, 1.54) is 12.1 Å². The highest BCUT2D eigenvalue weighted by atomic mass is 19.1. The van der Waals surface area contributed by atoms with Gasteiger partial charge in [-0.2, -0.15) is 0 Å². The van der Waals surface area contributed by atoms with Crippen LogP contribution in [0, 0.1) is 5.82 Å². The fourth-order valence-corrected chi connectivity index (χ4v) is 4.32. The number of hydrogen-bond acceptors (Lipinski definition) is 2. The van der Waals surface area contributed by atoms with Crippen molar-refractivity contribution in [2.24, 2.45) is 0 Å². The molecule has 0 bridgehead atoms. The Bertz CT molecular complexity index is 1480. The zero-order valence-electron chi connectivity index (χ0n) is 17.0. The maximum Gasteiger partial charge on any atom is 0.194 e. The smallest absolute Gasteiger partial charge is 0.194 e. The number of carbonyl (C=O) groups excluding carboxylic acids is 1. The molecule has 0 atom stereocenters. The maximum atomic E-state index is 13.4. The number of imidazole rings is 1. The van der Waals surface area contributed by atoms with Gasteiger partial charge in [0.25, 0.3) is 0 Å². The van der Waals surface area contributed by atoms with E-state index in [-0.39, 0.29) is 11.6 Å². The van der Waals surface area contributed by atoms with Gasteiger partial charge in [0, 0.05) is 27.8 Å². The number of halogens is 1. The van der Waals surface area contributed by atoms with E-state index in [0.29, 0.717) is 11.4 Å². The first-order valence-electron chi connectivity index (χ1n) is 10.4. The quantitative estimate of drug-likeness (QED) is 0.346. The molecule has 0 amide bonds. The third-order valence-corrected chi connectivity index (χ3v) is 5.88. The Labute approximate surface area is 184 Å². The summed E-state index contributed by atoms with van der Waals surface area (Å²) in [7, 11) is 0. The number of ketones is 1. The number of hydrogen-bond donors (Lipinski definition) is 1. The first-order valence-corrected chi connectivity index (χ1v) is 10.4. The summed E-state index contributed by atoms with van der Waals surface area (Å²) in [6.45, 7) is 0. The van der Waals surface area contributed by atoms with Gasteiger partial charge < -0.3 is 4.98 Å². The zero-order chi connectivity index (χ0) is 21.7. The molecule has 1 aliphatic rings. The van der Waals surface area contributed by atoms with Gasteiger partial charge in [-0.3, -0.25) is 4.79 Å². The third-order valence-electron chi connectivity index (χ3n) is 5.88. The van der Waals surface area contributed by atoms with Crippen molar-refractivity contribution in [1.29, 1.82) is 0 Å². The molecule has 1 N–H and O–H groups in total. The van der Waals surface area contributed by atoms with Crippen molar-refractivity contribution < 1.29 is 9.18 Å². The second kappa shape index (κ2) is 7.13. The van der Waals surface area contributed by atoms with Crippen LogP contribution in [0.2, 0.25) is 0 Å². The molecule has 3 nitrogen and oxygen atoms in total. The van der Waals surface area contributed by atoms with Crippen LogP contribution in [0.4, 0.5) is 4.39 Å². The van der Waals surface area contributed by atoms with E-state index in [1.807, 2.05) is 72.8 Å². The molecule has 0 aliphatic heterocycles. The van der Waals surface area contributed by atoms with Crippen LogP contribution < -0.4 is 0 Å². The van der Waals surface area contributed by atoms with Gasteiger partial charge in [-0.1, -0.05) is 66.7 Å². The number of carbonyl (C=O) groups is 1. The molecule has 1 aromatic heterocycles. The first-order chi connectivity index (χ1) is 15.7. The Morgan fingerprint density at radius 1 is 0.625 bits per heavy atom. The Morgan fingerprint density at radius 2 is 1.28 bits per heavy atom. The fourth-order valence-electron chi connectivity index (χ4n) is 4.32. The van der Waals surface area contributed by atoms with Gasteiger partial charge >= 0.3 is 0 Å². The number of benzene rings is 4. The van der Waals surface area contributed by atoms with Gasteiger partial charge in [-0.15, -0.1) is 0 Å². The molecule has 0 saturated heterocycles. The monoisotopic (exact) mass is 416 g/mol. The number of fused-ring (bicyclic) bond motifs is 3. The molecule has 32 heavy (non-hydrogen) atoms. The van der Waals surface area contributed by atoms with E-state index < -0.39 is 0 Å². The molecular formula is C28H17FN2O. The van der Waals surface area contributed by atoms with Crippen molar-refractivity contribution in [3.05, 3.63) is 114 Å². The SMILES string of the molecule is O=C1c2ccccc2-c2ccc(-c3nc(-c4ccc(F)cc4)[nH]c3-c3ccccc3)cc21. The molecule has 0 fully saturated rings. The van der Waals surface area contributed by atoms with Crippen LogP contribution in [0.3, 0.4) is 0 Å². The molecule has 5 aromatic rings. The first kappa shape index (κ1) is 18.5. The highest BCUT2D eigenvalue weighted by Gasteiger charge is 2.27. The number of nitrogens with zero attached hydrogens (tertiary/aromatic N) is 1. The molecule has 1 aliphatic carbocycles. The van der Waals surface area contributed by atoms with Crippen LogP contribution in [-0.2, 0) is 0 Å². The summed E-state index contributed by atoms with van der Waals surface area (Å²) in [4.78, 5) is 21.3. The second-order valence-electron chi connectivity index (χ2n) is 7.82. The van der Waals surface area contributed by atoms with Crippen LogP contribution in [-0.4, -0.2) is 15.8 Å². The molecule has 1 heterocycles. The standard InChI is InChI=1S/C28H17FN2O/c29-20-13-10-18(11-14-20)28-30-25(17-6-2-1-3-7-17)26(31-28)19-12-15-22-21-8-4-5-9-23(21)27(32)24(22)16-19/h1-16H,(H,30,31). The van der Waals surface area contributed by atoms with E-state index in [4.69, 9.17) is 4.98 Å². The van der Waals surface area contributed by atoms with E-state index >= 15 is 0 Å². The normalized spacial score (nSPS) is 12.0.